The summed E-state index contributed by atoms with van der Waals surface area (Å²) in [7, 11) is 8.67. The molecule has 0 aliphatic carbocycles. The summed E-state index contributed by atoms with van der Waals surface area (Å²) < 4.78 is 48.1. The topological polar surface area (TPSA) is 172 Å². The molecule has 2 fully saturated rings. The Morgan fingerprint density at radius 2 is 1.48 bits per heavy atom. The van der Waals surface area contributed by atoms with E-state index < -0.39 is 54.5 Å². The maximum atomic E-state index is 12.6. The Hall–Kier alpha value is -1.79. The summed E-state index contributed by atoms with van der Waals surface area (Å²) in [6.07, 6.45) is 2.04. The Kier molecular flexibility index (Phi) is 39.7. The third-order valence-corrected chi connectivity index (χ3v) is 11.5. The highest BCUT2D eigenvalue weighted by molar-refractivity contribution is 5.60. The molecule has 384 valence electrons. The minimum atomic E-state index is -1.39. The number of aliphatic hydroxyl groups is 2. The number of hydrogen-bond acceptors (Lipinski definition) is 15. The highest BCUT2D eigenvalue weighted by Crippen LogP contribution is 2.38. The molecule has 0 amide bonds. The van der Waals surface area contributed by atoms with Crippen molar-refractivity contribution < 1.29 is 62.5 Å². The average molecular weight is 925 g/mol. The highest BCUT2D eigenvalue weighted by Gasteiger charge is 2.47. The fraction of sp³-hybridized carbons (Fsp3) is 0.939. The molecule has 15 atom stereocenters. The zero-order valence-corrected chi connectivity index (χ0v) is 44.3. The van der Waals surface area contributed by atoms with Gasteiger partial charge in [-0.05, 0) is 80.4 Å². The second-order valence-corrected chi connectivity index (χ2v) is 17.3. The van der Waals surface area contributed by atoms with Crippen LogP contribution < -0.4 is 0 Å². The van der Waals surface area contributed by atoms with Gasteiger partial charge in [0.15, 0.2) is 12.6 Å². The summed E-state index contributed by atoms with van der Waals surface area (Å²) in [4.78, 5) is 40.1. The summed E-state index contributed by atoms with van der Waals surface area (Å²) in [6.45, 7) is 30.9. The second kappa shape index (κ2) is 38.2. The van der Waals surface area contributed by atoms with Crippen molar-refractivity contribution in [3.8, 4) is 0 Å². The predicted molar refractivity (Wildman–Crippen MR) is 255 cm³/mol. The third-order valence-electron chi connectivity index (χ3n) is 11.5. The molecule has 7 unspecified atom stereocenters. The zero-order chi connectivity index (χ0) is 50.2. The van der Waals surface area contributed by atoms with Gasteiger partial charge in [-0.15, -0.1) is 0 Å². The van der Waals surface area contributed by atoms with E-state index in [1.165, 1.54) is 6.42 Å². The maximum absolute atomic E-state index is 12.6. The first-order valence-electron chi connectivity index (χ1n) is 24.3. The van der Waals surface area contributed by atoms with Gasteiger partial charge in [-0.2, -0.15) is 0 Å². The number of likely N-dealkylation sites (N-methyl/N-ethyl adjacent to an activating group) is 1. The summed E-state index contributed by atoms with van der Waals surface area (Å²) in [5.41, 5.74) is -1.39. The molecule has 0 spiro atoms. The standard InChI is InChI=1S/C41H76N2O12.C3H8.2C2H6.CH4O/c1-14-32-21-35(52-31(8)38(32)50-19-17-44)54-37(27(4)25-45)29(6)39(55-36-22-33(42(10)11)20-28(5)51-36)41(9,47)23-26(3)24-43(12)30(7)34(16-18-48-13)53-40(46)49-15-2;1-3-2;3*1-2/h17,25-39,47H,14-16,18-24H2,1-13H3;3H2,1-2H3;2*1-2H3;2H,1H3/t26-,27?,28?,29+,30?,31?,32?,33?,34-,35+,36?,37-,38+,39-,41-;;;;/m1..../s1. The van der Waals surface area contributed by atoms with Crippen molar-refractivity contribution >= 4 is 18.7 Å². The second-order valence-electron chi connectivity index (χ2n) is 17.3. The van der Waals surface area contributed by atoms with E-state index >= 15 is 0 Å². The number of carbonyl (C=O) groups is 3. The SMILES string of the molecule is CC.CC.CCC.CCOC(=O)O[C@H](CCOC)C(C)N(C)C[C@H](C)C[C@@](C)(O)[C@H](OC1CC(N(C)C)CC(C)O1)[C@@H](C)[C@H](O[C@H]1CC(CC)[C@@H](OCC=O)C(C)O1)C(C)C=O.CO. The van der Waals surface area contributed by atoms with Crippen LogP contribution in [0.1, 0.15) is 149 Å². The third kappa shape index (κ3) is 24.8. The van der Waals surface area contributed by atoms with E-state index in [-0.39, 0.29) is 55.4 Å². The van der Waals surface area contributed by atoms with Crippen molar-refractivity contribution in [2.45, 2.75) is 216 Å². The molecule has 0 saturated carbocycles. The van der Waals surface area contributed by atoms with Gasteiger partial charge in [-0.3, -0.25) is 4.90 Å². The number of aliphatic hydroxyl groups excluding tert-OH is 1. The Morgan fingerprint density at radius 1 is 0.906 bits per heavy atom. The lowest BCUT2D eigenvalue weighted by Crippen LogP contribution is -2.56. The summed E-state index contributed by atoms with van der Waals surface area (Å²) in [5.74, 6) is -0.972. The van der Waals surface area contributed by atoms with Gasteiger partial charge >= 0.3 is 6.16 Å². The van der Waals surface area contributed by atoms with Crippen LogP contribution in [0.5, 0.6) is 0 Å². The Balaban J connectivity index is -0.00000385. The molecule has 64 heavy (non-hydrogen) atoms. The van der Waals surface area contributed by atoms with Crippen LogP contribution >= 0.6 is 0 Å². The van der Waals surface area contributed by atoms with Crippen LogP contribution in [0.25, 0.3) is 0 Å². The van der Waals surface area contributed by atoms with Crippen molar-refractivity contribution in [1.82, 2.24) is 9.80 Å². The van der Waals surface area contributed by atoms with E-state index in [2.05, 4.69) is 37.5 Å². The molecule has 0 bridgehead atoms. The predicted octanol–water partition coefficient (Wildman–Crippen LogP) is 8.18. The molecule has 2 aliphatic rings. The first kappa shape index (κ1) is 66.5. The smallest absolute Gasteiger partial charge is 0.435 e. The summed E-state index contributed by atoms with van der Waals surface area (Å²) in [6, 6.07) is 0.0579. The number of hydrogen-bond donors (Lipinski definition) is 2. The fourth-order valence-electron chi connectivity index (χ4n) is 8.51. The van der Waals surface area contributed by atoms with Crippen molar-refractivity contribution in [1.29, 1.82) is 0 Å². The molecule has 2 N–H and O–H groups in total. The van der Waals surface area contributed by atoms with Crippen LogP contribution in [-0.2, 0) is 47.5 Å². The fourth-order valence-corrected chi connectivity index (χ4v) is 8.51. The molecular formula is C49H100N2O13. The minimum Gasteiger partial charge on any atom is -0.435 e. The molecule has 2 saturated heterocycles. The zero-order valence-electron chi connectivity index (χ0n) is 44.3. The average Bonchev–Trinajstić information content (AvgIpc) is 3.26. The number of aldehydes is 2. The monoisotopic (exact) mass is 925 g/mol. The van der Waals surface area contributed by atoms with Crippen LogP contribution in [0, 0.1) is 23.7 Å². The number of rotatable bonds is 25. The normalized spacial score (nSPS) is 26.1. The van der Waals surface area contributed by atoms with Crippen molar-refractivity contribution in [2.24, 2.45) is 23.7 Å². The van der Waals surface area contributed by atoms with Crippen molar-refractivity contribution in [3.05, 3.63) is 0 Å². The lowest BCUT2D eigenvalue weighted by Gasteiger charge is -2.47. The van der Waals surface area contributed by atoms with Gasteiger partial charge in [0, 0.05) is 70.6 Å². The largest absolute Gasteiger partial charge is 0.508 e. The van der Waals surface area contributed by atoms with E-state index in [4.69, 9.17) is 43.0 Å². The number of methoxy groups -OCH3 is 1. The van der Waals surface area contributed by atoms with Crippen LogP contribution in [0.2, 0.25) is 0 Å². The Bertz CT molecular complexity index is 1130. The van der Waals surface area contributed by atoms with E-state index in [1.54, 1.807) is 21.0 Å². The molecule has 0 aromatic heterocycles. The molecule has 2 rings (SSSR count). The molecule has 0 aromatic carbocycles. The first-order valence-corrected chi connectivity index (χ1v) is 24.3. The lowest BCUT2D eigenvalue weighted by molar-refractivity contribution is -0.291. The molecule has 15 nitrogen and oxygen atoms in total. The molecule has 0 radical (unpaired) electrons. The van der Waals surface area contributed by atoms with Gasteiger partial charge in [-0.1, -0.05) is 82.1 Å². The van der Waals surface area contributed by atoms with Gasteiger partial charge in [0.2, 0.25) is 0 Å². The lowest BCUT2D eigenvalue weighted by atomic mass is 9.78. The van der Waals surface area contributed by atoms with Crippen LogP contribution in [-0.4, -0.2) is 167 Å². The number of carbonyl (C=O) groups excluding carboxylic acids is 3. The van der Waals surface area contributed by atoms with Crippen LogP contribution in [0.3, 0.4) is 0 Å². The van der Waals surface area contributed by atoms with Gasteiger partial charge in [0.25, 0.3) is 0 Å². The van der Waals surface area contributed by atoms with Crippen LogP contribution in [0.15, 0.2) is 0 Å². The first-order chi connectivity index (χ1) is 30.3. The van der Waals surface area contributed by atoms with Crippen molar-refractivity contribution in [2.75, 3.05) is 61.7 Å². The van der Waals surface area contributed by atoms with E-state index in [0.29, 0.717) is 38.8 Å². The summed E-state index contributed by atoms with van der Waals surface area (Å²) in [5, 5.41) is 19.6. The number of nitrogens with zero attached hydrogens (tertiary/aromatic N) is 2. The van der Waals surface area contributed by atoms with Crippen molar-refractivity contribution in [3.63, 3.8) is 0 Å². The van der Waals surface area contributed by atoms with Gasteiger partial charge in [0.05, 0.1) is 42.7 Å². The van der Waals surface area contributed by atoms with Gasteiger partial charge < -0.3 is 62.6 Å². The van der Waals surface area contributed by atoms with E-state index in [0.717, 1.165) is 32.5 Å². The minimum absolute atomic E-state index is 0.00421. The van der Waals surface area contributed by atoms with Crippen LogP contribution in [0.4, 0.5) is 4.79 Å². The van der Waals surface area contributed by atoms with E-state index in [1.807, 2.05) is 83.5 Å². The maximum Gasteiger partial charge on any atom is 0.508 e. The van der Waals surface area contributed by atoms with E-state index in [9.17, 15) is 19.5 Å². The van der Waals surface area contributed by atoms with Gasteiger partial charge in [0.1, 0.15) is 25.3 Å². The Morgan fingerprint density at radius 3 is 1.98 bits per heavy atom. The Labute approximate surface area is 391 Å². The quantitative estimate of drug-likeness (QED) is 0.0663. The molecule has 2 aliphatic heterocycles. The number of ether oxygens (including phenoxy) is 8. The molecule has 2 heterocycles. The summed E-state index contributed by atoms with van der Waals surface area (Å²) >= 11 is 0. The molecule has 0 aromatic rings. The van der Waals surface area contributed by atoms with Gasteiger partial charge in [-0.25, -0.2) is 4.79 Å². The molecule has 15 heteroatoms. The molecular weight excluding hydrogens is 825 g/mol. The highest BCUT2D eigenvalue weighted by atomic mass is 16.7.